The molecule has 0 radical (unpaired) electrons. The molecule has 1 N–H and O–H groups in total. The summed E-state index contributed by atoms with van der Waals surface area (Å²) in [5.41, 5.74) is -1.32. The number of hydrogen-bond acceptors (Lipinski definition) is 3. The van der Waals surface area contributed by atoms with Gasteiger partial charge in [0.2, 0.25) is 5.91 Å². The van der Waals surface area contributed by atoms with Crippen LogP contribution in [0.1, 0.15) is 32.4 Å². The smallest absolute Gasteiger partial charge is 0.311 e. The van der Waals surface area contributed by atoms with E-state index in [0.717, 1.165) is 10.7 Å². The Bertz CT molecular complexity index is 573. The molecule has 1 saturated heterocycles. The Morgan fingerprint density at radius 2 is 2.14 bits per heavy atom. The van der Waals surface area contributed by atoms with Gasteiger partial charge in [0, 0.05) is 19.3 Å². The van der Waals surface area contributed by atoms with Gasteiger partial charge in [-0.3, -0.25) is 14.3 Å². The van der Waals surface area contributed by atoms with Gasteiger partial charge < -0.3 is 10.0 Å². The Kier molecular flexibility index (Phi) is 4.48. The van der Waals surface area contributed by atoms with Gasteiger partial charge in [-0.25, -0.2) is 8.78 Å². The van der Waals surface area contributed by atoms with Crippen LogP contribution in [0.3, 0.4) is 0 Å². The van der Waals surface area contributed by atoms with Crippen molar-refractivity contribution in [1.29, 1.82) is 0 Å². The van der Waals surface area contributed by atoms with Crippen LogP contribution in [-0.4, -0.2) is 44.8 Å². The van der Waals surface area contributed by atoms with Gasteiger partial charge in [-0.15, -0.1) is 0 Å². The first-order chi connectivity index (χ1) is 10.3. The second-order valence-corrected chi connectivity index (χ2v) is 5.92. The number of hydrogen-bond donors (Lipinski definition) is 1. The van der Waals surface area contributed by atoms with Crippen molar-refractivity contribution in [2.75, 3.05) is 13.1 Å². The molecule has 1 aromatic heterocycles. The summed E-state index contributed by atoms with van der Waals surface area (Å²) in [7, 11) is 0. The predicted molar refractivity (Wildman–Crippen MR) is 73.3 cm³/mol. The van der Waals surface area contributed by atoms with E-state index < -0.39 is 17.8 Å². The highest BCUT2D eigenvalue weighted by molar-refractivity contribution is 5.80. The van der Waals surface area contributed by atoms with Crippen molar-refractivity contribution in [2.45, 2.75) is 33.2 Å². The number of aromatic nitrogens is 2. The average Bonchev–Trinajstić information content (AvgIpc) is 3.05. The number of likely N-dealkylation sites (tertiary alicyclic amines) is 1. The topological polar surface area (TPSA) is 75.4 Å². The lowest BCUT2D eigenvalue weighted by Gasteiger charge is -2.28. The average molecular weight is 315 g/mol. The molecule has 1 atom stereocenters. The molecular formula is C14H19F2N3O3. The number of nitrogens with zero attached hydrogens (tertiary/aromatic N) is 3. The van der Waals surface area contributed by atoms with Gasteiger partial charge in [0.15, 0.2) is 0 Å². The number of aliphatic carboxylic acids is 1. The van der Waals surface area contributed by atoms with Crippen molar-refractivity contribution in [2.24, 2.45) is 11.3 Å². The lowest BCUT2D eigenvalue weighted by molar-refractivity contribution is -0.151. The Labute approximate surface area is 126 Å². The zero-order valence-electron chi connectivity index (χ0n) is 12.5. The number of amides is 1. The van der Waals surface area contributed by atoms with Gasteiger partial charge in [-0.05, 0) is 18.4 Å². The number of carbonyl (C=O) groups is 2. The van der Waals surface area contributed by atoms with E-state index in [-0.39, 0.29) is 30.6 Å². The minimum absolute atomic E-state index is 0.0991. The minimum Gasteiger partial charge on any atom is -0.481 e. The number of carboxylic acids is 1. The quantitative estimate of drug-likeness (QED) is 0.898. The van der Waals surface area contributed by atoms with Gasteiger partial charge in [0.05, 0.1) is 5.41 Å². The van der Waals surface area contributed by atoms with Crippen LogP contribution >= 0.6 is 0 Å². The fraction of sp³-hybridized carbons (Fsp3) is 0.643. The van der Waals surface area contributed by atoms with Crippen LogP contribution in [0.2, 0.25) is 0 Å². The van der Waals surface area contributed by atoms with E-state index >= 15 is 0 Å². The van der Waals surface area contributed by atoms with E-state index in [1.807, 2.05) is 13.8 Å². The summed E-state index contributed by atoms with van der Waals surface area (Å²) in [5.74, 6) is -1.32. The third-order valence-corrected chi connectivity index (χ3v) is 4.37. The molecule has 1 aliphatic rings. The lowest BCUT2D eigenvalue weighted by Crippen LogP contribution is -2.41. The molecule has 0 bridgehead atoms. The molecule has 1 aromatic rings. The third-order valence-electron chi connectivity index (χ3n) is 4.37. The summed E-state index contributed by atoms with van der Waals surface area (Å²) >= 11 is 0. The molecule has 8 heteroatoms. The van der Waals surface area contributed by atoms with E-state index in [1.165, 1.54) is 11.1 Å². The van der Waals surface area contributed by atoms with Crippen molar-refractivity contribution >= 4 is 11.9 Å². The van der Waals surface area contributed by atoms with Gasteiger partial charge in [0.1, 0.15) is 12.2 Å². The second-order valence-electron chi connectivity index (χ2n) is 5.92. The van der Waals surface area contributed by atoms with E-state index in [1.54, 1.807) is 0 Å². The summed E-state index contributed by atoms with van der Waals surface area (Å²) < 4.78 is 26.1. The van der Waals surface area contributed by atoms with Crippen LogP contribution in [0, 0.1) is 11.3 Å². The van der Waals surface area contributed by atoms with Crippen molar-refractivity contribution in [3.05, 3.63) is 18.0 Å². The highest BCUT2D eigenvalue weighted by atomic mass is 19.3. The Hall–Kier alpha value is -1.99. The Balaban J connectivity index is 2.03. The van der Waals surface area contributed by atoms with Gasteiger partial charge in [-0.2, -0.15) is 5.10 Å². The zero-order valence-corrected chi connectivity index (χ0v) is 12.5. The maximum atomic E-state index is 12.5. The van der Waals surface area contributed by atoms with E-state index in [2.05, 4.69) is 5.10 Å². The molecule has 2 rings (SSSR count). The molecule has 0 aliphatic carbocycles. The van der Waals surface area contributed by atoms with Crippen LogP contribution in [0.15, 0.2) is 12.3 Å². The molecule has 6 nitrogen and oxygen atoms in total. The predicted octanol–water partition coefficient (Wildman–Crippen LogP) is 1.78. The maximum absolute atomic E-state index is 12.5. The molecule has 1 amide bonds. The summed E-state index contributed by atoms with van der Waals surface area (Å²) in [6.45, 7) is 3.98. The summed E-state index contributed by atoms with van der Waals surface area (Å²) in [5, 5.41) is 13.1. The SMILES string of the molecule is CC(C)C1(C(=O)O)CCN(C(=O)Cn2ccc(C(F)F)n2)C1. The number of rotatable bonds is 5. The first-order valence-corrected chi connectivity index (χ1v) is 7.09. The van der Waals surface area contributed by atoms with E-state index in [0.29, 0.717) is 13.0 Å². The van der Waals surface area contributed by atoms with Crippen molar-refractivity contribution in [3.8, 4) is 0 Å². The molecule has 0 spiro atoms. The number of carboxylic acid groups (broad SMARTS) is 1. The fourth-order valence-corrected chi connectivity index (χ4v) is 2.76. The van der Waals surface area contributed by atoms with Crippen LogP contribution in [-0.2, 0) is 16.1 Å². The number of carbonyl (C=O) groups excluding carboxylic acids is 1. The normalized spacial score (nSPS) is 21.8. The molecule has 22 heavy (non-hydrogen) atoms. The molecule has 122 valence electrons. The molecule has 2 heterocycles. The zero-order chi connectivity index (χ0) is 16.5. The maximum Gasteiger partial charge on any atom is 0.311 e. The largest absolute Gasteiger partial charge is 0.481 e. The van der Waals surface area contributed by atoms with Gasteiger partial charge in [-0.1, -0.05) is 13.8 Å². The van der Waals surface area contributed by atoms with Gasteiger partial charge >= 0.3 is 5.97 Å². The highest BCUT2D eigenvalue weighted by Crippen LogP contribution is 2.38. The minimum atomic E-state index is -2.68. The fourth-order valence-electron chi connectivity index (χ4n) is 2.76. The second kappa shape index (κ2) is 6.02. The van der Waals surface area contributed by atoms with Crippen molar-refractivity contribution in [1.82, 2.24) is 14.7 Å². The molecule has 0 aromatic carbocycles. The molecule has 0 saturated carbocycles. The molecule has 1 aliphatic heterocycles. The monoisotopic (exact) mass is 315 g/mol. The van der Waals surface area contributed by atoms with Gasteiger partial charge in [0.25, 0.3) is 6.43 Å². The Morgan fingerprint density at radius 1 is 1.45 bits per heavy atom. The Morgan fingerprint density at radius 3 is 2.59 bits per heavy atom. The standard InChI is InChI=1S/C14H19F2N3O3/c1-9(2)14(13(21)22)4-6-18(8-14)11(20)7-19-5-3-10(17-19)12(15)16/h3,5,9,12H,4,6-8H2,1-2H3,(H,21,22). The van der Waals surface area contributed by atoms with E-state index in [4.69, 9.17) is 0 Å². The van der Waals surface area contributed by atoms with Crippen molar-refractivity contribution < 1.29 is 23.5 Å². The first kappa shape index (κ1) is 16.4. The summed E-state index contributed by atoms with van der Waals surface area (Å²) in [6.07, 6.45) is -0.959. The van der Waals surface area contributed by atoms with Crippen LogP contribution < -0.4 is 0 Å². The van der Waals surface area contributed by atoms with Crippen molar-refractivity contribution in [3.63, 3.8) is 0 Å². The third kappa shape index (κ3) is 2.95. The highest BCUT2D eigenvalue weighted by Gasteiger charge is 2.48. The molecule has 1 unspecified atom stereocenters. The van der Waals surface area contributed by atoms with Crippen LogP contribution in [0.5, 0.6) is 0 Å². The summed E-state index contributed by atoms with van der Waals surface area (Å²) in [6, 6.07) is 1.16. The van der Waals surface area contributed by atoms with Crippen LogP contribution in [0.25, 0.3) is 0 Å². The molecule has 1 fully saturated rings. The summed E-state index contributed by atoms with van der Waals surface area (Å²) in [4.78, 5) is 25.2. The lowest BCUT2D eigenvalue weighted by atomic mass is 9.76. The number of halogens is 2. The van der Waals surface area contributed by atoms with E-state index in [9.17, 15) is 23.5 Å². The molecular weight excluding hydrogens is 296 g/mol. The number of alkyl halides is 2. The first-order valence-electron chi connectivity index (χ1n) is 7.09. The van der Waals surface area contributed by atoms with Crippen LogP contribution in [0.4, 0.5) is 8.78 Å².